The maximum absolute atomic E-state index is 5.61. The van der Waals surface area contributed by atoms with E-state index in [1.165, 1.54) is 5.69 Å². The molecule has 0 radical (unpaired) electrons. The standard InChI is InChI=1S/C21H27BrN2O3/c1-25-19-8-7-15(20(26-2)21(19)27-3)14-24-11-9-17(10-12-24)23-18-6-4-5-16(22)13-18/h4-8,13,17,23H,9-12,14H2,1-3H3. The lowest BCUT2D eigenvalue weighted by Crippen LogP contribution is -2.38. The van der Waals surface area contributed by atoms with Crippen LogP contribution in [0.3, 0.4) is 0 Å². The van der Waals surface area contributed by atoms with Crippen molar-refractivity contribution >= 4 is 21.6 Å². The van der Waals surface area contributed by atoms with Crippen LogP contribution >= 0.6 is 15.9 Å². The van der Waals surface area contributed by atoms with Gasteiger partial charge in [0.2, 0.25) is 5.75 Å². The molecule has 0 amide bonds. The third-order valence-electron chi connectivity index (χ3n) is 4.96. The van der Waals surface area contributed by atoms with Gasteiger partial charge in [0.1, 0.15) is 0 Å². The summed E-state index contributed by atoms with van der Waals surface area (Å²) in [5, 5.41) is 3.64. The van der Waals surface area contributed by atoms with Crippen LogP contribution in [-0.4, -0.2) is 45.4 Å². The Morgan fingerprint density at radius 3 is 2.37 bits per heavy atom. The minimum Gasteiger partial charge on any atom is -0.493 e. The summed E-state index contributed by atoms with van der Waals surface area (Å²) in [7, 11) is 4.96. The maximum atomic E-state index is 5.61. The van der Waals surface area contributed by atoms with Gasteiger partial charge in [0.15, 0.2) is 11.5 Å². The number of rotatable bonds is 7. The average Bonchev–Trinajstić information content (AvgIpc) is 2.69. The van der Waals surface area contributed by atoms with E-state index >= 15 is 0 Å². The van der Waals surface area contributed by atoms with Gasteiger partial charge >= 0.3 is 0 Å². The van der Waals surface area contributed by atoms with Crippen LogP contribution in [0.5, 0.6) is 17.2 Å². The maximum Gasteiger partial charge on any atom is 0.203 e. The minimum absolute atomic E-state index is 0.503. The van der Waals surface area contributed by atoms with Crippen molar-refractivity contribution in [2.45, 2.75) is 25.4 Å². The molecule has 5 nitrogen and oxygen atoms in total. The number of nitrogens with one attached hydrogen (secondary N) is 1. The van der Waals surface area contributed by atoms with E-state index in [-0.39, 0.29) is 0 Å². The molecule has 0 unspecified atom stereocenters. The third kappa shape index (κ3) is 4.87. The summed E-state index contributed by atoms with van der Waals surface area (Å²) in [5.74, 6) is 2.10. The van der Waals surface area contributed by atoms with Crippen LogP contribution in [0.4, 0.5) is 5.69 Å². The summed E-state index contributed by atoms with van der Waals surface area (Å²) in [6, 6.07) is 12.9. The topological polar surface area (TPSA) is 43.0 Å². The molecule has 0 aromatic heterocycles. The van der Waals surface area contributed by atoms with E-state index in [1.54, 1.807) is 21.3 Å². The molecule has 0 aliphatic carbocycles. The molecule has 2 aromatic rings. The Labute approximate surface area is 169 Å². The van der Waals surface area contributed by atoms with E-state index in [1.807, 2.05) is 12.1 Å². The molecule has 1 aliphatic heterocycles. The first kappa shape index (κ1) is 19.8. The zero-order chi connectivity index (χ0) is 19.2. The van der Waals surface area contributed by atoms with E-state index in [9.17, 15) is 0 Å². The number of piperidine rings is 1. The van der Waals surface area contributed by atoms with Gasteiger partial charge in [-0.05, 0) is 37.1 Å². The number of hydrogen-bond acceptors (Lipinski definition) is 5. The van der Waals surface area contributed by atoms with Gasteiger partial charge in [-0.3, -0.25) is 4.90 Å². The molecule has 1 heterocycles. The molecule has 0 spiro atoms. The molecule has 1 saturated heterocycles. The molecule has 1 N–H and O–H groups in total. The Balaban J connectivity index is 1.61. The van der Waals surface area contributed by atoms with Crippen LogP contribution < -0.4 is 19.5 Å². The summed E-state index contributed by atoms with van der Waals surface area (Å²) in [4.78, 5) is 2.46. The van der Waals surface area contributed by atoms with E-state index in [4.69, 9.17) is 14.2 Å². The Kier molecular flexibility index (Phi) is 6.85. The van der Waals surface area contributed by atoms with Gasteiger partial charge in [0.25, 0.3) is 0 Å². The fourth-order valence-corrected chi connectivity index (χ4v) is 3.98. The lowest BCUT2D eigenvalue weighted by Gasteiger charge is -2.33. The summed E-state index contributed by atoms with van der Waals surface area (Å²) in [6.07, 6.45) is 2.23. The number of benzene rings is 2. The molecule has 1 aliphatic rings. The van der Waals surface area contributed by atoms with E-state index in [2.05, 4.69) is 50.4 Å². The Bertz CT molecular complexity index is 761. The summed E-state index contributed by atoms with van der Waals surface area (Å²) >= 11 is 3.53. The van der Waals surface area contributed by atoms with E-state index in [0.29, 0.717) is 17.5 Å². The van der Waals surface area contributed by atoms with Crippen molar-refractivity contribution in [3.05, 3.63) is 46.4 Å². The zero-order valence-electron chi connectivity index (χ0n) is 16.1. The quantitative estimate of drug-likeness (QED) is 0.691. The SMILES string of the molecule is COc1ccc(CN2CCC(Nc3cccc(Br)c3)CC2)c(OC)c1OC. The van der Waals surface area contributed by atoms with Crippen LogP contribution in [0, 0.1) is 0 Å². The highest BCUT2D eigenvalue weighted by Crippen LogP contribution is 2.40. The van der Waals surface area contributed by atoms with Gasteiger partial charge in [0.05, 0.1) is 21.3 Å². The van der Waals surface area contributed by atoms with Crippen LogP contribution in [-0.2, 0) is 6.54 Å². The van der Waals surface area contributed by atoms with Crippen molar-refractivity contribution in [3.8, 4) is 17.2 Å². The highest BCUT2D eigenvalue weighted by atomic mass is 79.9. The number of likely N-dealkylation sites (tertiary alicyclic amines) is 1. The minimum atomic E-state index is 0.503. The van der Waals surface area contributed by atoms with Gasteiger partial charge < -0.3 is 19.5 Å². The number of hydrogen-bond donors (Lipinski definition) is 1. The predicted octanol–water partition coefficient (Wildman–Crippen LogP) is 4.55. The molecule has 3 rings (SSSR count). The van der Waals surface area contributed by atoms with Crippen molar-refractivity contribution in [1.29, 1.82) is 0 Å². The number of methoxy groups -OCH3 is 3. The smallest absolute Gasteiger partial charge is 0.203 e. The number of nitrogens with zero attached hydrogens (tertiary/aromatic N) is 1. The van der Waals surface area contributed by atoms with Gasteiger partial charge in [-0.15, -0.1) is 0 Å². The lowest BCUT2D eigenvalue weighted by molar-refractivity contribution is 0.208. The molecule has 0 atom stereocenters. The average molecular weight is 435 g/mol. The van der Waals surface area contributed by atoms with Crippen molar-refractivity contribution in [3.63, 3.8) is 0 Å². The Morgan fingerprint density at radius 2 is 1.74 bits per heavy atom. The van der Waals surface area contributed by atoms with Crippen LogP contribution in [0.2, 0.25) is 0 Å². The highest BCUT2D eigenvalue weighted by molar-refractivity contribution is 9.10. The lowest BCUT2D eigenvalue weighted by atomic mass is 10.0. The van der Waals surface area contributed by atoms with Crippen LogP contribution in [0.1, 0.15) is 18.4 Å². The fraction of sp³-hybridized carbons (Fsp3) is 0.429. The highest BCUT2D eigenvalue weighted by Gasteiger charge is 2.22. The van der Waals surface area contributed by atoms with E-state index in [0.717, 1.165) is 48.3 Å². The van der Waals surface area contributed by atoms with Crippen molar-refractivity contribution in [2.24, 2.45) is 0 Å². The van der Waals surface area contributed by atoms with Crippen molar-refractivity contribution < 1.29 is 14.2 Å². The van der Waals surface area contributed by atoms with Gasteiger partial charge in [-0.2, -0.15) is 0 Å². The van der Waals surface area contributed by atoms with Crippen LogP contribution in [0.25, 0.3) is 0 Å². The first-order chi connectivity index (χ1) is 13.1. The fourth-order valence-electron chi connectivity index (χ4n) is 3.58. The largest absolute Gasteiger partial charge is 0.493 e. The number of anilines is 1. The number of ether oxygens (including phenoxy) is 3. The Hall–Kier alpha value is -1.92. The van der Waals surface area contributed by atoms with Crippen molar-refractivity contribution in [1.82, 2.24) is 4.90 Å². The first-order valence-electron chi connectivity index (χ1n) is 9.17. The summed E-state index contributed by atoms with van der Waals surface area (Å²) in [6.45, 7) is 2.93. The summed E-state index contributed by atoms with van der Waals surface area (Å²) < 4.78 is 17.6. The monoisotopic (exact) mass is 434 g/mol. The molecule has 27 heavy (non-hydrogen) atoms. The molecular weight excluding hydrogens is 408 g/mol. The van der Waals surface area contributed by atoms with Crippen molar-refractivity contribution in [2.75, 3.05) is 39.7 Å². The van der Waals surface area contributed by atoms with Gasteiger partial charge in [-0.1, -0.05) is 28.1 Å². The first-order valence-corrected chi connectivity index (χ1v) is 9.96. The second-order valence-electron chi connectivity index (χ2n) is 6.70. The van der Waals surface area contributed by atoms with Gasteiger partial charge in [-0.25, -0.2) is 0 Å². The second kappa shape index (κ2) is 9.33. The molecular formula is C21H27BrN2O3. The van der Waals surface area contributed by atoms with Crippen LogP contribution in [0.15, 0.2) is 40.9 Å². The Morgan fingerprint density at radius 1 is 1.00 bits per heavy atom. The molecule has 0 saturated carbocycles. The van der Waals surface area contributed by atoms with E-state index < -0.39 is 0 Å². The molecule has 0 bridgehead atoms. The molecule has 1 fully saturated rings. The molecule has 2 aromatic carbocycles. The number of halogens is 1. The normalized spacial score (nSPS) is 15.4. The third-order valence-corrected chi connectivity index (χ3v) is 5.46. The van der Waals surface area contributed by atoms with Gasteiger partial charge in [0, 0.05) is 41.4 Å². The zero-order valence-corrected chi connectivity index (χ0v) is 17.7. The second-order valence-corrected chi connectivity index (χ2v) is 7.61. The summed E-state index contributed by atoms with van der Waals surface area (Å²) in [5.41, 5.74) is 2.29. The predicted molar refractivity (Wildman–Crippen MR) is 112 cm³/mol. The molecule has 6 heteroatoms. The molecule has 146 valence electrons.